The van der Waals surface area contributed by atoms with Crippen LogP contribution in [-0.4, -0.2) is 43.3 Å². The maximum Gasteiger partial charge on any atom is 0.341 e. The number of rotatable bonds is 7. The number of carbonyl (C=O) groups excluding carboxylic acids is 2. The summed E-state index contributed by atoms with van der Waals surface area (Å²) in [6, 6.07) is 10.2. The molecule has 28 heavy (non-hydrogen) atoms. The van der Waals surface area contributed by atoms with Crippen LogP contribution in [0.2, 0.25) is 0 Å². The van der Waals surface area contributed by atoms with E-state index in [4.69, 9.17) is 14.6 Å². The number of fused-ring (bicyclic) bond motifs is 1. The Morgan fingerprint density at radius 1 is 1.21 bits per heavy atom. The summed E-state index contributed by atoms with van der Waals surface area (Å²) < 4.78 is 9.72. The van der Waals surface area contributed by atoms with Gasteiger partial charge in [-0.3, -0.25) is 4.79 Å². The zero-order valence-corrected chi connectivity index (χ0v) is 16.2. The molecule has 3 rings (SSSR count). The Kier molecular flexibility index (Phi) is 6.43. The monoisotopic (exact) mass is 403 g/mol. The number of carboxylic acids is 1. The second kappa shape index (κ2) is 8.99. The van der Waals surface area contributed by atoms with Crippen molar-refractivity contribution < 1.29 is 29.0 Å². The van der Waals surface area contributed by atoms with E-state index in [1.54, 1.807) is 0 Å². The van der Waals surface area contributed by atoms with Gasteiger partial charge in [0.15, 0.2) is 0 Å². The lowest BCUT2D eigenvalue weighted by atomic mass is 9.83. The standard InChI is InChI=1S/C20H21NO6S/c1-26-20(25)18-14-8-7-13(12-5-3-2-4-6-12)9-15(14)28-19(18)21-16(22)10-27-11-17(23)24/h2-6,13H,7-11H2,1H3,(H,21,22)(H,23,24). The van der Waals surface area contributed by atoms with Gasteiger partial charge in [0.25, 0.3) is 5.91 Å². The van der Waals surface area contributed by atoms with E-state index < -0.39 is 31.1 Å². The first-order valence-electron chi connectivity index (χ1n) is 8.86. The van der Waals surface area contributed by atoms with Crippen LogP contribution in [0, 0.1) is 0 Å². The molecular weight excluding hydrogens is 382 g/mol. The number of hydrogen-bond donors (Lipinski definition) is 2. The van der Waals surface area contributed by atoms with Gasteiger partial charge in [0.1, 0.15) is 18.2 Å². The van der Waals surface area contributed by atoms with Crippen molar-refractivity contribution in [1.82, 2.24) is 0 Å². The lowest BCUT2D eigenvalue weighted by Crippen LogP contribution is -2.21. The molecule has 148 valence electrons. The van der Waals surface area contributed by atoms with Gasteiger partial charge in [-0.15, -0.1) is 11.3 Å². The van der Waals surface area contributed by atoms with Gasteiger partial charge in [-0.25, -0.2) is 9.59 Å². The predicted octanol–water partition coefficient (Wildman–Crippen LogP) is 2.85. The molecule has 0 saturated carbocycles. The van der Waals surface area contributed by atoms with Crippen molar-refractivity contribution in [3.63, 3.8) is 0 Å². The van der Waals surface area contributed by atoms with Crippen LogP contribution in [0.15, 0.2) is 30.3 Å². The summed E-state index contributed by atoms with van der Waals surface area (Å²) in [5.74, 6) is -1.79. The highest BCUT2D eigenvalue weighted by Gasteiger charge is 2.30. The third kappa shape index (κ3) is 4.58. The zero-order chi connectivity index (χ0) is 20.1. The molecule has 8 heteroatoms. The van der Waals surface area contributed by atoms with Crippen LogP contribution in [-0.2, 0) is 31.9 Å². The molecule has 7 nitrogen and oxygen atoms in total. The average Bonchev–Trinajstić information content (AvgIpc) is 3.04. The van der Waals surface area contributed by atoms with Gasteiger partial charge >= 0.3 is 11.9 Å². The number of ether oxygens (including phenoxy) is 2. The van der Waals surface area contributed by atoms with E-state index in [1.165, 1.54) is 24.0 Å². The number of amides is 1. The lowest BCUT2D eigenvalue weighted by molar-refractivity contribution is -0.143. The Morgan fingerprint density at radius 3 is 2.64 bits per heavy atom. The van der Waals surface area contributed by atoms with Crippen LogP contribution in [0.3, 0.4) is 0 Å². The van der Waals surface area contributed by atoms with Crippen molar-refractivity contribution in [3.8, 4) is 0 Å². The van der Waals surface area contributed by atoms with Crippen molar-refractivity contribution >= 4 is 34.2 Å². The first-order valence-corrected chi connectivity index (χ1v) is 9.68. The van der Waals surface area contributed by atoms with Gasteiger partial charge in [-0.2, -0.15) is 0 Å². The molecule has 1 aromatic heterocycles. The summed E-state index contributed by atoms with van der Waals surface area (Å²) in [6.07, 6.45) is 2.42. The van der Waals surface area contributed by atoms with Crippen LogP contribution >= 0.6 is 11.3 Å². The van der Waals surface area contributed by atoms with Gasteiger partial charge < -0.3 is 19.9 Å². The first-order chi connectivity index (χ1) is 13.5. The van der Waals surface area contributed by atoms with Gasteiger partial charge in [0.05, 0.1) is 12.7 Å². The molecule has 0 bridgehead atoms. The summed E-state index contributed by atoms with van der Waals surface area (Å²) >= 11 is 1.37. The number of thiophene rings is 1. The number of carboxylic acid groups (broad SMARTS) is 1. The normalized spacial score (nSPS) is 15.5. The van der Waals surface area contributed by atoms with E-state index in [2.05, 4.69) is 17.4 Å². The number of carbonyl (C=O) groups is 3. The maximum absolute atomic E-state index is 12.3. The number of aliphatic carboxylic acids is 1. The van der Waals surface area contributed by atoms with Crippen molar-refractivity contribution in [1.29, 1.82) is 0 Å². The van der Waals surface area contributed by atoms with Crippen LogP contribution in [0.1, 0.15) is 38.7 Å². The molecule has 0 saturated heterocycles. The number of anilines is 1. The number of esters is 1. The highest BCUT2D eigenvalue weighted by Crippen LogP contribution is 2.42. The molecular formula is C20H21NO6S. The van der Waals surface area contributed by atoms with Crippen molar-refractivity contribution in [2.75, 3.05) is 25.6 Å². The summed E-state index contributed by atoms with van der Waals surface area (Å²) in [7, 11) is 1.31. The number of methoxy groups -OCH3 is 1. The van der Waals surface area contributed by atoms with Gasteiger partial charge in [-0.1, -0.05) is 30.3 Å². The smallest absolute Gasteiger partial charge is 0.341 e. The number of nitrogens with one attached hydrogen (secondary N) is 1. The van der Waals surface area contributed by atoms with Gasteiger partial charge in [0, 0.05) is 4.88 Å². The van der Waals surface area contributed by atoms with Crippen LogP contribution < -0.4 is 5.32 Å². The van der Waals surface area contributed by atoms with Crippen molar-refractivity contribution in [2.45, 2.75) is 25.2 Å². The van der Waals surface area contributed by atoms with Crippen LogP contribution in [0.4, 0.5) is 5.00 Å². The molecule has 0 fully saturated rings. The first kappa shape index (κ1) is 20.0. The molecule has 2 N–H and O–H groups in total. The molecule has 1 unspecified atom stereocenters. The Hall–Kier alpha value is -2.71. The minimum atomic E-state index is -1.15. The van der Waals surface area contributed by atoms with Gasteiger partial charge in [-0.05, 0) is 36.3 Å². The summed E-state index contributed by atoms with van der Waals surface area (Å²) in [4.78, 5) is 36.0. The fraction of sp³-hybridized carbons (Fsp3) is 0.350. The fourth-order valence-electron chi connectivity index (χ4n) is 3.40. The summed E-state index contributed by atoms with van der Waals surface area (Å²) in [6.45, 7) is -0.959. The lowest BCUT2D eigenvalue weighted by Gasteiger charge is -2.22. The molecule has 2 aromatic rings. The van der Waals surface area contributed by atoms with Crippen molar-refractivity contribution in [2.24, 2.45) is 0 Å². The van der Waals surface area contributed by atoms with E-state index >= 15 is 0 Å². The maximum atomic E-state index is 12.3. The Labute approximate surface area is 166 Å². The summed E-state index contributed by atoms with van der Waals surface area (Å²) in [5.41, 5.74) is 2.57. The quantitative estimate of drug-likeness (QED) is 0.690. The Balaban J connectivity index is 1.80. The van der Waals surface area contributed by atoms with E-state index in [0.717, 1.165) is 29.7 Å². The predicted molar refractivity (Wildman–Crippen MR) is 104 cm³/mol. The molecule has 0 aliphatic heterocycles. The highest BCUT2D eigenvalue weighted by molar-refractivity contribution is 7.17. The molecule has 1 atom stereocenters. The van der Waals surface area contributed by atoms with Crippen molar-refractivity contribution in [3.05, 3.63) is 51.9 Å². The van der Waals surface area contributed by atoms with Gasteiger partial charge in [0.2, 0.25) is 0 Å². The third-order valence-corrected chi connectivity index (χ3v) is 5.81. The number of hydrogen-bond acceptors (Lipinski definition) is 6. The van der Waals surface area contributed by atoms with E-state index in [0.29, 0.717) is 16.5 Å². The molecule has 1 heterocycles. The highest BCUT2D eigenvalue weighted by atomic mass is 32.1. The zero-order valence-electron chi connectivity index (χ0n) is 15.4. The molecule has 1 aliphatic rings. The average molecular weight is 403 g/mol. The minimum Gasteiger partial charge on any atom is -0.480 e. The summed E-state index contributed by atoms with van der Waals surface area (Å²) in [5, 5.41) is 11.7. The van der Waals surface area contributed by atoms with E-state index in [-0.39, 0.29) is 0 Å². The molecule has 1 aromatic carbocycles. The Morgan fingerprint density at radius 2 is 1.96 bits per heavy atom. The SMILES string of the molecule is COC(=O)c1c(NC(=O)COCC(=O)O)sc2c1CCC(c1ccccc1)C2. The van der Waals surface area contributed by atoms with E-state index in [1.807, 2.05) is 18.2 Å². The Bertz CT molecular complexity index is 876. The fourth-order valence-corrected chi connectivity index (χ4v) is 4.73. The second-order valence-corrected chi connectivity index (χ2v) is 7.59. The van der Waals surface area contributed by atoms with E-state index in [9.17, 15) is 14.4 Å². The number of benzene rings is 1. The minimum absolute atomic E-state index is 0.361. The molecule has 0 radical (unpaired) electrons. The third-order valence-electron chi connectivity index (χ3n) is 4.64. The second-order valence-electron chi connectivity index (χ2n) is 6.48. The molecule has 1 aliphatic carbocycles. The topological polar surface area (TPSA) is 102 Å². The molecule has 0 spiro atoms. The molecule has 1 amide bonds. The van der Waals surface area contributed by atoms with Crippen LogP contribution in [0.5, 0.6) is 0 Å². The largest absolute Gasteiger partial charge is 0.480 e. The van der Waals surface area contributed by atoms with Crippen LogP contribution in [0.25, 0.3) is 0 Å².